The zero-order valence-electron chi connectivity index (χ0n) is 17.6. The highest BCUT2D eigenvalue weighted by Gasteiger charge is 2.43. The Hall–Kier alpha value is -2.85. The second-order valence-corrected chi connectivity index (χ2v) is 8.01. The SMILES string of the molecule is CC[C@H](C)[C@H](NC(=O)OC(C)(C)C)C(=O)NCC(=O)N1C(=O)N(C)C[C@H]1C(=O)O. The van der Waals surface area contributed by atoms with Gasteiger partial charge >= 0.3 is 18.1 Å². The van der Waals surface area contributed by atoms with Crippen LogP contribution >= 0.6 is 0 Å². The second kappa shape index (κ2) is 9.57. The summed E-state index contributed by atoms with van der Waals surface area (Å²) < 4.78 is 5.17. The minimum atomic E-state index is -1.32. The second-order valence-electron chi connectivity index (χ2n) is 8.01. The van der Waals surface area contributed by atoms with Gasteiger partial charge in [0.25, 0.3) is 5.91 Å². The maximum absolute atomic E-state index is 12.6. The molecule has 0 radical (unpaired) electrons. The van der Waals surface area contributed by atoms with Crippen LogP contribution in [0.1, 0.15) is 41.0 Å². The molecular weight excluding hydrogens is 384 g/mol. The summed E-state index contributed by atoms with van der Waals surface area (Å²) >= 11 is 0. The molecule has 1 fully saturated rings. The molecule has 0 aromatic rings. The van der Waals surface area contributed by atoms with E-state index in [1.165, 1.54) is 7.05 Å². The molecule has 164 valence electrons. The molecule has 29 heavy (non-hydrogen) atoms. The van der Waals surface area contributed by atoms with Crippen molar-refractivity contribution in [2.75, 3.05) is 20.1 Å². The number of amides is 5. The van der Waals surface area contributed by atoms with Gasteiger partial charge in [0.05, 0.1) is 13.1 Å². The molecule has 0 aromatic heterocycles. The number of hydrogen-bond acceptors (Lipinski definition) is 6. The average molecular weight is 414 g/mol. The quantitative estimate of drug-likeness (QED) is 0.546. The number of urea groups is 1. The van der Waals surface area contributed by atoms with Crippen molar-refractivity contribution < 1.29 is 33.8 Å². The summed E-state index contributed by atoms with van der Waals surface area (Å²) in [6.45, 7) is 7.94. The van der Waals surface area contributed by atoms with Crippen molar-refractivity contribution in [3.63, 3.8) is 0 Å². The summed E-state index contributed by atoms with van der Waals surface area (Å²) in [7, 11) is 1.38. The highest BCUT2D eigenvalue weighted by atomic mass is 16.6. The summed E-state index contributed by atoms with van der Waals surface area (Å²) in [6, 6.07) is -3.03. The van der Waals surface area contributed by atoms with E-state index >= 15 is 0 Å². The molecule has 11 heteroatoms. The number of rotatable bonds is 7. The predicted octanol–water partition coefficient (Wildman–Crippen LogP) is 0.389. The van der Waals surface area contributed by atoms with E-state index < -0.39 is 54.1 Å². The zero-order chi connectivity index (χ0) is 22.5. The van der Waals surface area contributed by atoms with Crippen LogP contribution < -0.4 is 10.6 Å². The fraction of sp³-hybridized carbons (Fsp3) is 0.722. The fourth-order valence-corrected chi connectivity index (χ4v) is 2.70. The van der Waals surface area contributed by atoms with Gasteiger partial charge in [0.2, 0.25) is 5.91 Å². The Labute approximate surface area is 169 Å². The van der Waals surface area contributed by atoms with E-state index in [-0.39, 0.29) is 12.5 Å². The Morgan fingerprint density at radius 2 is 1.86 bits per heavy atom. The number of carboxylic acid groups (broad SMARTS) is 1. The van der Waals surface area contributed by atoms with Crippen molar-refractivity contribution in [1.29, 1.82) is 0 Å². The maximum Gasteiger partial charge on any atom is 0.408 e. The third kappa shape index (κ3) is 6.61. The summed E-state index contributed by atoms with van der Waals surface area (Å²) in [5.74, 6) is -3.05. The Morgan fingerprint density at radius 3 is 2.34 bits per heavy atom. The highest BCUT2D eigenvalue weighted by molar-refractivity contribution is 6.02. The third-order valence-corrected chi connectivity index (χ3v) is 4.43. The normalized spacial score (nSPS) is 18.8. The Kier molecular flexibility index (Phi) is 7.98. The van der Waals surface area contributed by atoms with Crippen molar-refractivity contribution in [2.24, 2.45) is 5.92 Å². The topological polar surface area (TPSA) is 145 Å². The van der Waals surface area contributed by atoms with Gasteiger partial charge in [0, 0.05) is 7.05 Å². The Balaban J connectivity index is 2.79. The summed E-state index contributed by atoms with van der Waals surface area (Å²) in [5.41, 5.74) is -0.746. The van der Waals surface area contributed by atoms with Crippen LogP contribution in [0.2, 0.25) is 0 Å². The number of hydrogen-bond donors (Lipinski definition) is 3. The first-order chi connectivity index (χ1) is 13.3. The van der Waals surface area contributed by atoms with E-state index in [9.17, 15) is 29.1 Å². The van der Waals surface area contributed by atoms with Crippen molar-refractivity contribution in [1.82, 2.24) is 20.4 Å². The lowest BCUT2D eigenvalue weighted by Gasteiger charge is -2.26. The molecule has 1 saturated heterocycles. The number of alkyl carbamates (subject to hydrolysis) is 1. The van der Waals surface area contributed by atoms with Gasteiger partial charge in [-0.1, -0.05) is 20.3 Å². The molecule has 1 aliphatic heterocycles. The Morgan fingerprint density at radius 1 is 1.28 bits per heavy atom. The van der Waals surface area contributed by atoms with Gasteiger partial charge in [-0.2, -0.15) is 0 Å². The molecule has 1 rings (SSSR count). The van der Waals surface area contributed by atoms with E-state index in [0.717, 1.165) is 4.90 Å². The molecule has 3 atom stereocenters. The first kappa shape index (κ1) is 24.2. The molecule has 1 heterocycles. The van der Waals surface area contributed by atoms with Crippen LogP contribution in [-0.2, 0) is 19.1 Å². The van der Waals surface area contributed by atoms with Gasteiger partial charge in [-0.15, -0.1) is 0 Å². The molecule has 3 N–H and O–H groups in total. The molecule has 5 amide bonds. The molecular formula is C18H30N4O7. The van der Waals surface area contributed by atoms with Crippen LogP contribution in [0.25, 0.3) is 0 Å². The van der Waals surface area contributed by atoms with E-state index in [1.54, 1.807) is 27.7 Å². The number of carbonyl (C=O) groups excluding carboxylic acids is 4. The molecule has 0 saturated carbocycles. The average Bonchev–Trinajstić information content (AvgIpc) is 2.90. The lowest BCUT2D eigenvalue weighted by Crippen LogP contribution is -2.54. The number of carbonyl (C=O) groups is 5. The Bertz CT molecular complexity index is 674. The first-order valence-electron chi connectivity index (χ1n) is 9.35. The molecule has 11 nitrogen and oxygen atoms in total. The molecule has 0 spiro atoms. The minimum absolute atomic E-state index is 0.135. The van der Waals surface area contributed by atoms with Crippen LogP contribution in [0.5, 0.6) is 0 Å². The van der Waals surface area contributed by atoms with E-state index in [2.05, 4.69) is 10.6 Å². The first-order valence-corrected chi connectivity index (χ1v) is 9.35. The fourth-order valence-electron chi connectivity index (χ4n) is 2.70. The lowest BCUT2D eigenvalue weighted by atomic mass is 9.98. The smallest absolute Gasteiger partial charge is 0.408 e. The van der Waals surface area contributed by atoms with Crippen LogP contribution in [0.3, 0.4) is 0 Å². The van der Waals surface area contributed by atoms with Gasteiger partial charge < -0.3 is 25.4 Å². The van der Waals surface area contributed by atoms with Gasteiger partial charge in [-0.05, 0) is 26.7 Å². The largest absolute Gasteiger partial charge is 0.480 e. The van der Waals surface area contributed by atoms with Gasteiger partial charge in [-0.3, -0.25) is 9.59 Å². The molecule has 0 bridgehead atoms. The lowest BCUT2D eigenvalue weighted by molar-refractivity contribution is -0.146. The summed E-state index contributed by atoms with van der Waals surface area (Å²) in [4.78, 5) is 62.1. The monoisotopic (exact) mass is 414 g/mol. The third-order valence-electron chi connectivity index (χ3n) is 4.43. The van der Waals surface area contributed by atoms with E-state index in [0.29, 0.717) is 11.3 Å². The number of nitrogens with one attached hydrogen (secondary N) is 2. The number of carboxylic acids is 1. The molecule has 0 unspecified atom stereocenters. The molecule has 0 aliphatic carbocycles. The van der Waals surface area contributed by atoms with E-state index in [4.69, 9.17) is 4.74 Å². The summed E-state index contributed by atoms with van der Waals surface area (Å²) in [5, 5.41) is 14.1. The number of nitrogens with zero attached hydrogens (tertiary/aromatic N) is 2. The van der Waals surface area contributed by atoms with Gasteiger partial charge in [0.1, 0.15) is 11.6 Å². The van der Waals surface area contributed by atoms with E-state index in [1.807, 2.05) is 6.92 Å². The standard InChI is InChI=1S/C18H30N4O7/c1-7-10(2)13(20-16(27)29-18(3,4)5)14(24)19-8-12(23)22-11(15(25)26)9-21(6)17(22)28/h10-11,13H,7-9H2,1-6H3,(H,19,24)(H,20,27)(H,25,26)/t10-,11-,13-/m0/s1. The van der Waals surface area contributed by atoms with Crippen molar-refractivity contribution >= 4 is 29.9 Å². The minimum Gasteiger partial charge on any atom is -0.480 e. The van der Waals surface area contributed by atoms with Crippen LogP contribution in [0.15, 0.2) is 0 Å². The molecule has 1 aliphatic rings. The zero-order valence-corrected chi connectivity index (χ0v) is 17.6. The number of likely N-dealkylation sites (N-methyl/N-ethyl adjacent to an activating group) is 1. The number of imide groups is 1. The van der Waals surface area contributed by atoms with Gasteiger partial charge in [-0.25, -0.2) is 19.3 Å². The predicted molar refractivity (Wildman–Crippen MR) is 102 cm³/mol. The van der Waals surface area contributed by atoms with Crippen LogP contribution in [0, 0.1) is 5.92 Å². The number of aliphatic carboxylic acids is 1. The van der Waals surface area contributed by atoms with Crippen molar-refractivity contribution in [3.05, 3.63) is 0 Å². The highest BCUT2D eigenvalue weighted by Crippen LogP contribution is 2.15. The van der Waals surface area contributed by atoms with Crippen molar-refractivity contribution in [3.8, 4) is 0 Å². The molecule has 0 aromatic carbocycles. The maximum atomic E-state index is 12.6. The van der Waals surface area contributed by atoms with Crippen molar-refractivity contribution in [2.45, 2.75) is 58.7 Å². The summed E-state index contributed by atoms with van der Waals surface area (Å²) in [6.07, 6.45) is -0.204. The van der Waals surface area contributed by atoms with Crippen LogP contribution in [0.4, 0.5) is 9.59 Å². The number of ether oxygens (including phenoxy) is 1. The van der Waals surface area contributed by atoms with Gasteiger partial charge in [0.15, 0.2) is 6.04 Å². The van der Waals surface area contributed by atoms with Crippen LogP contribution in [-0.4, -0.2) is 82.6 Å².